The van der Waals surface area contributed by atoms with E-state index in [2.05, 4.69) is 10.2 Å². The van der Waals surface area contributed by atoms with Crippen molar-refractivity contribution in [3.05, 3.63) is 54.2 Å². The number of carbonyl (C=O) groups excluding carboxylic acids is 2. The van der Waals surface area contributed by atoms with E-state index in [1.807, 2.05) is 25.1 Å². The second-order valence-electron chi connectivity index (χ2n) is 6.94. The Bertz CT molecular complexity index is 1100. The number of likely N-dealkylation sites (N-methyl/N-ethyl adjacent to an activating group) is 1. The van der Waals surface area contributed by atoms with Crippen molar-refractivity contribution in [3.63, 3.8) is 0 Å². The number of ketones is 1. The summed E-state index contributed by atoms with van der Waals surface area (Å²) in [5, 5.41) is 7.99. The molecular weight excluding hydrogens is 382 g/mol. The monoisotopic (exact) mass is 407 g/mol. The Hall–Kier alpha value is -3.61. The lowest BCUT2D eigenvalue weighted by molar-refractivity contribution is -0.130. The molecule has 0 aliphatic rings. The number of aromatic nitrogens is 2. The molecule has 0 radical (unpaired) electrons. The first-order chi connectivity index (χ1) is 14.5. The number of benzene rings is 2. The molecule has 0 atom stereocenters. The Morgan fingerprint density at radius 2 is 2.03 bits per heavy atom. The average molecular weight is 407 g/mol. The zero-order valence-corrected chi connectivity index (χ0v) is 17.6. The molecular formula is C23H25N3O4. The maximum absolute atomic E-state index is 12.9. The summed E-state index contributed by atoms with van der Waals surface area (Å²) >= 11 is 0. The molecule has 7 heteroatoms. The van der Waals surface area contributed by atoms with Crippen molar-refractivity contribution in [1.82, 2.24) is 15.1 Å². The standard InChI is InChI=1S/C23H25N3O4/c1-5-6-10-20(27)17-11-15(16-8-7-9-19-18(16)13-24-25-19)12-21(29-4)23(17)30-14-22(28)26(2)3/h6-13H,5,14H2,1-4H3,(H,24,25)/b10-6+. The molecule has 30 heavy (non-hydrogen) atoms. The molecule has 0 aliphatic heterocycles. The smallest absolute Gasteiger partial charge is 0.259 e. The topological polar surface area (TPSA) is 84.5 Å². The Morgan fingerprint density at radius 3 is 2.73 bits per heavy atom. The molecule has 0 bridgehead atoms. The van der Waals surface area contributed by atoms with E-state index in [0.717, 1.165) is 28.5 Å². The van der Waals surface area contributed by atoms with Crippen LogP contribution in [0.3, 0.4) is 0 Å². The van der Waals surface area contributed by atoms with Crippen LogP contribution in [0.1, 0.15) is 23.7 Å². The summed E-state index contributed by atoms with van der Waals surface area (Å²) < 4.78 is 11.3. The SMILES string of the molecule is CC/C=C/C(=O)c1cc(-c2cccc3[nH]ncc23)cc(OC)c1OCC(=O)N(C)C. The summed E-state index contributed by atoms with van der Waals surface area (Å²) in [4.78, 5) is 26.4. The molecule has 2 aromatic carbocycles. The van der Waals surface area contributed by atoms with E-state index in [1.54, 1.807) is 38.5 Å². The van der Waals surface area contributed by atoms with E-state index in [-0.39, 0.29) is 24.0 Å². The summed E-state index contributed by atoms with van der Waals surface area (Å²) in [5.74, 6) is 0.199. The number of hydrogen-bond donors (Lipinski definition) is 1. The van der Waals surface area contributed by atoms with Crippen LogP contribution in [0.4, 0.5) is 0 Å². The van der Waals surface area contributed by atoms with Crippen LogP contribution >= 0.6 is 0 Å². The molecule has 0 fully saturated rings. The molecule has 1 heterocycles. The van der Waals surface area contributed by atoms with Gasteiger partial charge in [0.1, 0.15) is 0 Å². The number of rotatable bonds is 8. The van der Waals surface area contributed by atoms with Crippen LogP contribution in [-0.2, 0) is 4.79 Å². The van der Waals surface area contributed by atoms with E-state index in [0.29, 0.717) is 11.3 Å². The minimum absolute atomic E-state index is 0.197. The Morgan fingerprint density at radius 1 is 1.23 bits per heavy atom. The van der Waals surface area contributed by atoms with Gasteiger partial charge in [-0.25, -0.2) is 0 Å². The van der Waals surface area contributed by atoms with Crippen molar-refractivity contribution < 1.29 is 19.1 Å². The van der Waals surface area contributed by atoms with Gasteiger partial charge in [-0.15, -0.1) is 0 Å². The summed E-state index contributed by atoms with van der Waals surface area (Å²) in [6.45, 7) is 1.76. The lowest BCUT2D eigenvalue weighted by atomic mass is 9.97. The molecule has 3 rings (SSSR count). The zero-order chi connectivity index (χ0) is 21.7. The van der Waals surface area contributed by atoms with E-state index in [9.17, 15) is 9.59 Å². The maximum atomic E-state index is 12.9. The van der Waals surface area contributed by atoms with Crippen molar-refractivity contribution in [2.75, 3.05) is 27.8 Å². The third-order valence-electron chi connectivity index (χ3n) is 4.68. The minimum atomic E-state index is -0.219. The number of nitrogens with one attached hydrogen (secondary N) is 1. The molecule has 0 unspecified atom stereocenters. The average Bonchev–Trinajstić information content (AvgIpc) is 3.24. The molecule has 1 amide bonds. The number of fused-ring (bicyclic) bond motifs is 1. The zero-order valence-electron chi connectivity index (χ0n) is 17.6. The number of ether oxygens (including phenoxy) is 2. The largest absolute Gasteiger partial charge is 0.493 e. The Labute approximate surface area is 175 Å². The Balaban J connectivity index is 2.14. The van der Waals surface area contributed by atoms with E-state index < -0.39 is 0 Å². The third-order valence-corrected chi connectivity index (χ3v) is 4.68. The number of nitrogens with zero attached hydrogens (tertiary/aromatic N) is 2. The van der Waals surface area contributed by atoms with Crippen LogP contribution < -0.4 is 9.47 Å². The number of allylic oxidation sites excluding steroid dienone is 2. The fourth-order valence-electron chi connectivity index (χ4n) is 3.04. The van der Waals surface area contributed by atoms with Gasteiger partial charge in [0.15, 0.2) is 23.9 Å². The molecule has 0 aliphatic carbocycles. The van der Waals surface area contributed by atoms with E-state index >= 15 is 0 Å². The van der Waals surface area contributed by atoms with Crippen LogP contribution in [0.15, 0.2) is 48.7 Å². The lowest BCUT2D eigenvalue weighted by Crippen LogP contribution is -2.28. The van der Waals surface area contributed by atoms with Crippen LogP contribution in [0.25, 0.3) is 22.0 Å². The van der Waals surface area contributed by atoms with Gasteiger partial charge in [-0.1, -0.05) is 25.1 Å². The fraction of sp³-hybridized carbons (Fsp3) is 0.261. The van der Waals surface area contributed by atoms with E-state index in [4.69, 9.17) is 9.47 Å². The van der Waals surface area contributed by atoms with Gasteiger partial charge in [-0.2, -0.15) is 5.10 Å². The van der Waals surface area contributed by atoms with Crippen LogP contribution in [-0.4, -0.2) is 54.6 Å². The third kappa shape index (κ3) is 4.35. The van der Waals surface area contributed by atoms with Crippen LogP contribution in [0.2, 0.25) is 0 Å². The predicted molar refractivity (Wildman–Crippen MR) is 116 cm³/mol. The van der Waals surface area contributed by atoms with Crippen LogP contribution in [0, 0.1) is 0 Å². The first-order valence-corrected chi connectivity index (χ1v) is 9.64. The predicted octanol–water partition coefficient (Wildman–Crippen LogP) is 3.85. The summed E-state index contributed by atoms with van der Waals surface area (Å²) in [6, 6.07) is 9.38. The Kier molecular flexibility index (Phi) is 6.51. The molecule has 0 spiro atoms. The number of hydrogen-bond acceptors (Lipinski definition) is 5. The summed E-state index contributed by atoms with van der Waals surface area (Å²) in [5.41, 5.74) is 2.92. The number of H-pyrrole nitrogens is 1. The number of amides is 1. The van der Waals surface area contributed by atoms with Gasteiger partial charge in [0.05, 0.1) is 24.4 Å². The summed E-state index contributed by atoms with van der Waals surface area (Å²) in [7, 11) is 4.80. The van der Waals surface area contributed by atoms with Crippen LogP contribution in [0.5, 0.6) is 11.5 Å². The van der Waals surface area contributed by atoms with Crippen molar-refractivity contribution in [1.29, 1.82) is 0 Å². The number of carbonyl (C=O) groups is 2. The van der Waals surface area contributed by atoms with Gasteiger partial charge in [0.25, 0.3) is 5.91 Å². The van der Waals surface area contributed by atoms with Gasteiger partial charge in [0, 0.05) is 19.5 Å². The molecule has 1 aromatic heterocycles. The molecule has 3 aromatic rings. The molecule has 0 saturated carbocycles. The number of methoxy groups -OCH3 is 1. The second kappa shape index (κ2) is 9.26. The molecule has 7 nitrogen and oxygen atoms in total. The van der Waals surface area contributed by atoms with Crippen molar-refractivity contribution in [2.24, 2.45) is 0 Å². The highest BCUT2D eigenvalue weighted by Crippen LogP contribution is 2.39. The quantitative estimate of drug-likeness (QED) is 0.453. The maximum Gasteiger partial charge on any atom is 0.259 e. The van der Waals surface area contributed by atoms with Gasteiger partial charge < -0.3 is 14.4 Å². The highest BCUT2D eigenvalue weighted by molar-refractivity contribution is 6.08. The molecule has 156 valence electrons. The first-order valence-electron chi connectivity index (χ1n) is 9.64. The number of aromatic amines is 1. The van der Waals surface area contributed by atoms with Crippen molar-refractivity contribution in [3.8, 4) is 22.6 Å². The minimum Gasteiger partial charge on any atom is -0.493 e. The molecule has 1 N–H and O–H groups in total. The van der Waals surface area contributed by atoms with Crippen molar-refractivity contribution in [2.45, 2.75) is 13.3 Å². The molecule has 0 saturated heterocycles. The second-order valence-corrected chi connectivity index (χ2v) is 6.94. The van der Waals surface area contributed by atoms with Gasteiger partial charge >= 0.3 is 0 Å². The normalized spacial score (nSPS) is 11.1. The first kappa shape index (κ1) is 21.1. The van der Waals surface area contributed by atoms with Gasteiger partial charge in [-0.05, 0) is 41.8 Å². The lowest BCUT2D eigenvalue weighted by Gasteiger charge is -2.17. The fourth-order valence-corrected chi connectivity index (χ4v) is 3.04. The van der Waals surface area contributed by atoms with Gasteiger partial charge in [-0.3, -0.25) is 14.7 Å². The highest BCUT2D eigenvalue weighted by atomic mass is 16.5. The van der Waals surface area contributed by atoms with Crippen molar-refractivity contribution >= 4 is 22.6 Å². The summed E-state index contributed by atoms with van der Waals surface area (Å²) in [6.07, 6.45) is 5.77. The highest BCUT2D eigenvalue weighted by Gasteiger charge is 2.20. The van der Waals surface area contributed by atoms with Gasteiger partial charge in [0.2, 0.25) is 0 Å². The van der Waals surface area contributed by atoms with E-state index in [1.165, 1.54) is 18.1 Å².